The molecular weight excluding hydrogens is 194 g/mol. The summed E-state index contributed by atoms with van der Waals surface area (Å²) in [7, 11) is 2.05. The van der Waals surface area contributed by atoms with Gasteiger partial charge in [-0.3, -0.25) is 9.69 Å². The Morgan fingerprint density at radius 2 is 2.20 bits per heavy atom. The van der Waals surface area contributed by atoms with Crippen LogP contribution in [0.5, 0.6) is 0 Å². The molecule has 2 bridgehead atoms. The van der Waals surface area contributed by atoms with E-state index in [4.69, 9.17) is 4.74 Å². The van der Waals surface area contributed by atoms with E-state index in [0.717, 1.165) is 19.3 Å². The SMILES string of the molecule is CCC(=O)OC1C[C@@H]2CC(O)[C@H](C1)N2C. The van der Waals surface area contributed by atoms with Crippen molar-refractivity contribution in [2.24, 2.45) is 0 Å². The Morgan fingerprint density at radius 3 is 2.80 bits per heavy atom. The lowest BCUT2D eigenvalue weighted by atomic mass is 10.0. The first-order valence-corrected chi connectivity index (χ1v) is 5.71. The van der Waals surface area contributed by atoms with Gasteiger partial charge in [-0.15, -0.1) is 0 Å². The summed E-state index contributed by atoms with van der Waals surface area (Å²) in [6.45, 7) is 1.81. The molecule has 4 heteroatoms. The van der Waals surface area contributed by atoms with Crippen molar-refractivity contribution in [1.82, 2.24) is 4.90 Å². The van der Waals surface area contributed by atoms with Crippen LogP contribution in [0.15, 0.2) is 0 Å². The highest BCUT2D eigenvalue weighted by molar-refractivity contribution is 5.69. The van der Waals surface area contributed by atoms with Crippen molar-refractivity contribution in [2.45, 2.75) is 56.9 Å². The molecule has 2 heterocycles. The third-order valence-electron chi connectivity index (χ3n) is 3.68. The average molecular weight is 213 g/mol. The summed E-state index contributed by atoms with van der Waals surface area (Å²) in [6.07, 6.45) is 2.67. The second-order valence-electron chi connectivity index (χ2n) is 4.63. The predicted octanol–water partition coefficient (Wildman–Crippen LogP) is 0.536. The quantitative estimate of drug-likeness (QED) is 0.680. The first-order valence-electron chi connectivity index (χ1n) is 5.71. The molecule has 2 fully saturated rings. The molecule has 0 aromatic rings. The Morgan fingerprint density at radius 1 is 1.47 bits per heavy atom. The standard InChI is InChI=1S/C11H19NO3/c1-3-11(14)15-8-4-7-5-10(13)9(6-8)12(7)2/h7-10,13H,3-6H2,1-2H3/t7-,8?,9+,10?/m1/s1. The topological polar surface area (TPSA) is 49.8 Å². The molecule has 0 saturated carbocycles. The molecule has 86 valence electrons. The van der Waals surface area contributed by atoms with Crippen molar-refractivity contribution in [3.8, 4) is 0 Å². The molecular formula is C11H19NO3. The fourth-order valence-electron chi connectivity index (χ4n) is 2.76. The molecule has 2 rings (SSSR count). The van der Waals surface area contributed by atoms with Crippen LogP contribution in [0.1, 0.15) is 32.6 Å². The number of ether oxygens (including phenoxy) is 1. The number of carbonyl (C=O) groups excluding carboxylic acids is 1. The zero-order valence-electron chi connectivity index (χ0n) is 9.35. The average Bonchev–Trinajstić information content (AvgIpc) is 2.39. The van der Waals surface area contributed by atoms with E-state index in [9.17, 15) is 9.90 Å². The van der Waals surface area contributed by atoms with Crippen LogP contribution in [0.3, 0.4) is 0 Å². The molecule has 0 aliphatic carbocycles. The summed E-state index contributed by atoms with van der Waals surface area (Å²) in [5.74, 6) is -0.126. The molecule has 15 heavy (non-hydrogen) atoms. The fraction of sp³-hybridized carbons (Fsp3) is 0.909. The van der Waals surface area contributed by atoms with E-state index in [1.807, 2.05) is 7.05 Å². The Balaban J connectivity index is 1.95. The van der Waals surface area contributed by atoms with Crippen molar-refractivity contribution < 1.29 is 14.6 Å². The lowest BCUT2D eigenvalue weighted by molar-refractivity contribution is -0.152. The van der Waals surface area contributed by atoms with Gasteiger partial charge in [-0.25, -0.2) is 0 Å². The molecule has 2 unspecified atom stereocenters. The highest BCUT2D eigenvalue weighted by Gasteiger charge is 2.45. The highest BCUT2D eigenvalue weighted by Crippen LogP contribution is 2.35. The number of hydrogen-bond donors (Lipinski definition) is 1. The van der Waals surface area contributed by atoms with Crippen LogP contribution in [-0.4, -0.2) is 47.3 Å². The van der Waals surface area contributed by atoms with Crippen LogP contribution in [0, 0.1) is 0 Å². The number of fused-ring (bicyclic) bond motifs is 2. The van der Waals surface area contributed by atoms with Gasteiger partial charge in [-0.2, -0.15) is 0 Å². The minimum Gasteiger partial charge on any atom is -0.462 e. The van der Waals surface area contributed by atoms with Crippen molar-refractivity contribution in [3.63, 3.8) is 0 Å². The number of esters is 1. The molecule has 2 aliphatic heterocycles. The molecule has 4 nitrogen and oxygen atoms in total. The molecule has 2 saturated heterocycles. The molecule has 1 N–H and O–H groups in total. The van der Waals surface area contributed by atoms with Crippen LogP contribution < -0.4 is 0 Å². The van der Waals surface area contributed by atoms with Crippen molar-refractivity contribution in [2.75, 3.05) is 7.05 Å². The molecule has 0 aromatic carbocycles. The van der Waals surface area contributed by atoms with Crippen LogP contribution in [0.4, 0.5) is 0 Å². The predicted molar refractivity (Wildman–Crippen MR) is 55.4 cm³/mol. The first-order chi connectivity index (χ1) is 7.11. The second-order valence-corrected chi connectivity index (χ2v) is 4.63. The van der Waals surface area contributed by atoms with Gasteiger partial charge >= 0.3 is 5.97 Å². The Labute approximate surface area is 90.2 Å². The molecule has 0 spiro atoms. The van der Waals surface area contributed by atoms with Gasteiger partial charge in [0.05, 0.1) is 6.10 Å². The monoisotopic (exact) mass is 213 g/mol. The maximum Gasteiger partial charge on any atom is 0.305 e. The minimum absolute atomic E-state index is 0.0146. The fourth-order valence-corrected chi connectivity index (χ4v) is 2.76. The van der Waals surface area contributed by atoms with Gasteiger partial charge in [0.2, 0.25) is 0 Å². The molecule has 0 aromatic heterocycles. The van der Waals surface area contributed by atoms with Gasteiger partial charge in [0.1, 0.15) is 6.10 Å². The summed E-state index contributed by atoms with van der Waals surface area (Å²) in [4.78, 5) is 13.4. The zero-order valence-corrected chi connectivity index (χ0v) is 9.35. The smallest absolute Gasteiger partial charge is 0.305 e. The van der Waals surface area contributed by atoms with Gasteiger partial charge < -0.3 is 9.84 Å². The number of likely N-dealkylation sites (N-methyl/N-ethyl adjacent to an activating group) is 1. The van der Waals surface area contributed by atoms with Crippen molar-refractivity contribution >= 4 is 5.97 Å². The molecule has 0 radical (unpaired) electrons. The first kappa shape index (κ1) is 10.9. The van der Waals surface area contributed by atoms with Crippen LogP contribution >= 0.6 is 0 Å². The number of aliphatic hydroxyl groups is 1. The number of rotatable bonds is 2. The third-order valence-corrected chi connectivity index (χ3v) is 3.68. The van der Waals surface area contributed by atoms with Gasteiger partial charge in [-0.05, 0) is 13.5 Å². The third kappa shape index (κ3) is 2.01. The van der Waals surface area contributed by atoms with E-state index in [2.05, 4.69) is 4.90 Å². The van der Waals surface area contributed by atoms with E-state index in [1.54, 1.807) is 6.92 Å². The van der Waals surface area contributed by atoms with Crippen molar-refractivity contribution in [3.05, 3.63) is 0 Å². The maximum atomic E-state index is 11.2. The minimum atomic E-state index is -0.245. The molecule has 4 atom stereocenters. The summed E-state index contributed by atoms with van der Waals surface area (Å²) in [5.41, 5.74) is 0. The second kappa shape index (κ2) is 4.10. The van der Waals surface area contributed by atoms with Crippen LogP contribution in [-0.2, 0) is 9.53 Å². The number of aliphatic hydroxyl groups excluding tert-OH is 1. The highest BCUT2D eigenvalue weighted by atomic mass is 16.5. The number of carbonyl (C=O) groups is 1. The largest absolute Gasteiger partial charge is 0.462 e. The molecule has 2 aliphatic rings. The Kier molecular flexibility index (Phi) is 2.98. The summed E-state index contributed by atoms with van der Waals surface area (Å²) in [6, 6.07) is 0.562. The maximum absolute atomic E-state index is 11.2. The van der Waals surface area contributed by atoms with E-state index in [-0.39, 0.29) is 24.2 Å². The van der Waals surface area contributed by atoms with Gasteiger partial charge in [0.25, 0.3) is 0 Å². The van der Waals surface area contributed by atoms with E-state index in [0.29, 0.717) is 12.5 Å². The van der Waals surface area contributed by atoms with Gasteiger partial charge in [0.15, 0.2) is 0 Å². The summed E-state index contributed by atoms with van der Waals surface area (Å²) >= 11 is 0. The van der Waals surface area contributed by atoms with Gasteiger partial charge in [0, 0.05) is 31.3 Å². The van der Waals surface area contributed by atoms with Gasteiger partial charge in [-0.1, -0.05) is 6.92 Å². The van der Waals surface area contributed by atoms with Crippen molar-refractivity contribution in [1.29, 1.82) is 0 Å². The Bertz CT molecular complexity index is 256. The van der Waals surface area contributed by atoms with E-state index in [1.165, 1.54) is 0 Å². The zero-order chi connectivity index (χ0) is 11.0. The van der Waals surface area contributed by atoms with Crippen LogP contribution in [0.25, 0.3) is 0 Å². The summed E-state index contributed by atoms with van der Waals surface area (Å²) in [5, 5.41) is 9.80. The lowest BCUT2D eigenvalue weighted by Crippen LogP contribution is -2.45. The lowest BCUT2D eigenvalue weighted by Gasteiger charge is -2.35. The number of hydrogen-bond acceptors (Lipinski definition) is 4. The van der Waals surface area contributed by atoms with E-state index < -0.39 is 0 Å². The Hall–Kier alpha value is -0.610. The molecule has 0 amide bonds. The summed E-state index contributed by atoms with van der Waals surface area (Å²) < 4.78 is 5.34. The number of nitrogens with zero attached hydrogens (tertiary/aromatic N) is 1. The number of piperidine rings is 1. The van der Waals surface area contributed by atoms with Crippen LogP contribution in [0.2, 0.25) is 0 Å². The van der Waals surface area contributed by atoms with E-state index >= 15 is 0 Å². The normalized spacial score (nSPS) is 40.5.